The summed E-state index contributed by atoms with van der Waals surface area (Å²) in [6.45, 7) is 6.58. The molecular weight excluding hydrogens is 216 g/mol. The molecule has 1 atom stereocenters. The summed E-state index contributed by atoms with van der Waals surface area (Å²) >= 11 is 0. The molecule has 1 unspecified atom stereocenters. The van der Waals surface area contributed by atoms with Crippen LogP contribution in [0, 0.1) is 0 Å². The van der Waals surface area contributed by atoms with Gasteiger partial charge >= 0.3 is 0 Å². The SMILES string of the molecule is CCCNC(=O)C(C)Nc1cc(CC)ncn1. The van der Waals surface area contributed by atoms with Gasteiger partial charge in [-0.3, -0.25) is 4.79 Å². The van der Waals surface area contributed by atoms with Crippen LogP contribution in [0.5, 0.6) is 0 Å². The molecule has 1 rings (SSSR count). The Labute approximate surface area is 102 Å². The van der Waals surface area contributed by atoms with Crippen molar-refractivity contribution >= 4 is 11.7 Å². The molecule has 0 spiro atoms. The number of anilines is 1. The maximum Gasteiger partial charge on any atom is 0.242 e. The Morgan fingerprint density at radius 3 is 2.82 bits per heavy atom. The summed E-state index contributed by atoms with van der Waals surface area (Å²) in [6, 6.07) is 1.57. The van der Waals surface area contributed by atoms with Crippen molar-refractivity contribution in [1.29, 1.82) is 0 Å². The number of nitrogens with one attached hydrogen (secondary N) is 2. The van der Waals surface area contributed by atoms with Crippen LogP contribution >= 0.6 is 0 Å². The Morgan fingerprint density at radius 2 is 2.18 bits per heavy atom. The zero-order valence-electron chi connectivity index (χ0n) is 10.7. The zero-order valence-corrected chi connectivity index (χ0v) is 10.7. The van der Waals surface area contributed by atoms with Crippen LogP contribution in [0.3, 0.4) is 0 Å². The second-order valence-corrected chi connectivity index (χ2v) is 3.91. The van der Waals surface area contributed by atoms with Crippen molar-refractivity contribution in [2.45, 2.75) is 39.7 Å². The Balaban J connectivity index is 2.54. The Hall–Kier alpha value is -1.65. The summed E-state index contributed by atoms with van der Waals surface area (Å²) < 4.78 is 0. The lowest BCUT2D eigenvalue weighted by Gasteiger charge is -2.14. The predicted molar refractivity (Wildman–Crippen MR) is 67.8 cm³/mol. The topological polar surface area (TPSA) is 66.9 Å². The fourth-order valence-electron chi connectivity index (χ4n) is 1.36. The van der Waals surface area contributed by atoms with E-state index in [1.807, 2.05) is 26.8 Å². The molecule has 1 aromatic rings. The lowest BCUT2D eigenvalue weighted by Crippen LogP contribution is -2.38. The molecular formula is C12H20N4O. The number of rotatable bonds is 6. The van der Waals surface area contributed by atoms with Crippen molar-refractivity contribution in [2.75, 3.05) is 11.9 Å². The molecule has 0 bridgehead atoms. The van der Waals surface area contributed by atoms with E-state index in [9.17, 15) is 4.79 Å². The number of amides is 1. The molecule has 0 saturated carbocycles. The fraction of sp³-hybridized carbons (Fsp3) is 0.583. The molecule has 0 aliphatic carbocycles. The van der Waals surface area contributed by atoms with Crippen LogP contribution in [0.4, 0.5) is 5.82 Å². The van der Waals surface area contributed by atoms with Crippen LogP contribution in [0.2, 0.25) is 0 Å². The Bertz CT molecular complexity index is 367. The van der Waals surface area contributed by atoms with Gasteiger partial charge < -0.3 is 10.6 Å². The quantitative estimate of drug-likeness (QED) is 0.782. The van der Waals surface area contributed by atoms with Gasteiger partial charge in [0, 0.05) is 18.3 Å². The van der Waals surface area contributed by atoms with Gasteiger partial charge in [-0.25, -0.2) is 9.97 Å². The lowest BCUT2D eigenvalue weighted by atomic mass is 10.3. The summed E-state index contributed by atoms with van der Waals surface area (Å²) in [6.07, 6.45) is 3.30. The number of aryl methyl sites for hydroxylation is 1. The lowest BCUT2D eigenvalue weighted by molar-refractivity contribution is -0.121. The van der Waals surface area contributed by atoms with Gasteiger partial charge in [0.15, 0.2) is 0 Å². The molecule has 5 heteroatoms. The van der Waals surface area contributed by atoms with Gasteiger partial charge in [-0.2, -0.15) is 0 Å². The maximum atomic E-state index is 11.6. The maximum absolute atomic E-state index is 11.6. The molecule has 0 saturated heterocycles. The van der Waals surface area contributed by atoms with Crippen molar-refractivity contribution in [3.05, 3.63) is 18.1 Å². The highest BCUT2D eigenvalue weighted by Gasteiger charge is 2.12. The minimum absolute atomic E-state index is 0.0106. The van der Waals surface area contributed by atoms with E-state index >= 15 is 0 Å². The van der Waals surface area contributed by atoms with Crippen molar-refractivity contribution in [3.8, 4) is 0 Å². The number of carbonyl (C=O) groups is 1. The molecule has 0 aromatic carbocycles. The molecule has 1 amide bonds. The number of hydrogen-bond acceptors (Lipinski definition) is 4. The van der Waals surface area contributed by atoms with Crippen LogP contribution in [-0.4, -0.2) is 28.5 Å². The molecule has 1 aromatic heterocycles. The van der Waals surface area contributed by atoms with Crippen LogP contribution in [0.1, 0.15) is 32.9 Å². The zero-order chi connectivity index (χ0) is 12.7. The average molecular weight is 236 g/mol. The van der Waals surface area contributed by atoms with Crippen LogP contribution in [-0.2, 0) is 11.2 Å². The van der Waals surface area contributed by atoms with E-state index in [0.29, 0.717) is 12.4 Å². The van der Waals surface area contributed by atoms with Crippen molar-refractivity contribution < 1.29 is 4.79 Å². The number of carbonyl (C=O) groups excluding carboxylic acids is 1. The predicted octanol–water partition coefficient (Wildman–Crippen LogP) is 1.37. The minimum Gasteiger partial charge on any atom is -0.359 e. The molecule has 0 aliphatic rings. The second-order valence-electron chi connectivity index (χ2n) is 3.91. The average Bonchev–Trinajstić information content (AvgIpc) is 2.36. The van der Waals surface area contributed by atoms with E-state index in [0.717, 1.165) is 18.5 Å². The molecule has 94 valence electrons. The molecule has 0 aliphatic heterocycles. The molecule has 2 N–H and O–H groups in total. The van der Waals surface area contributed by atoms with Gasteiger partial charge in [0.1, 0.15) is 18.2 Å². The fourth-order valence-corrected chi connectivity index (χ4v) is 1.36. The van der Waals surface area contributed by atoms with Gasteiger partial charge in [0.05, 0.1) is 0 Å². The van der Waals surface area contributed by atoms with Gasteiger partial charge in [0.25, 0.3) is 0 Å². The molecule has 1 heterocycles. The van der Waals surface area contributed by atoms with Crippen molar-refractivity contribution in [1.82, 2.24) is 15.3 Å². The van der Waals surface area contributed by atoms with Crippen molar-refractivity contribution in [3.63, 3.8) is 0 Å². The first-order chi connectivity index (χ1) is 8.17. The molecule has 17 heavy (non-hydrogen) atoms. The minimum atomic E-state index is -0.291. The van der Waals surface area contributed by atoms with E-state index in [-0.39, 0.29) is 11.9 Å². The van der Waals surface area contributed by atoms with Gasteiger partial charge in [-0.1, -0.05) is 13.8 Å². The van der Waals surface area contributed by atoms with Crippen molar-refractivity contribution in [2.24, 2.45) is 0 Å². The Morgan fingerprint density at radius 1 is 1.41 bits per heavy atom. The monoisotopic (exact) mass is 236 g/mol. The van der Waals surface area contributed by atoms with Gasteiger partial charge in [-0.05, 0) is 19.8 Å². The largest absolute Gasteiger partial charge is 0.359 e. The number of aromatic nitrogens is 2. The smallest absolute Gasteiger partial charge is 0.242 e. The molecule has 0 fully saturated rings. The summed E-state index contributed by atoms with van der Waals surface area (Å²) in [5, 5.41) is 5.90. The van der Waals surface area contributed by atoms with Crippen LogP contribution in [0.25, 0.3) is 0 Å². The summed E-state index contributed by atoms with van der Waals surface area (Å²) in [7, 11) is 0. The first kappa shape index (κ1) is 13.4. The molecule has 0 radical (unpaired) electrons. The van der Waals surface area contributed by atoms with Crippen LogP contribution < -0.4 is 10.6 Å². The normalized spacial score (nSPS) is 11.9. The van der Waals surface area contributed by atoms with E-state index in [1.54, 1.807) is 0 Å². The second kappa shape index (κ2) is 6.83. The highest BCUT2D eigenvalue weighted by Crippen LogP contribution is 2.06. The Kier molecular flexibility index (Phi) is 5.39. The number of nitrogens with zero attached hydrogens (tertiary/aromatic N) is 2. The van der Waals surface area contributed by atoms with E-state index in [4.69, 9.17) is 0 Å². The summed E-state index contributed by atoms with van der Waals surface area (Å²) in [4.78, 5) is 19.8. The highest BCUT2D eigenvalue weighted by atomic mass is 16.2. The first-order valence-corrected chi connectivity index (χ1v) is 6.02. The van der Waals surface area contributed by atoms with Gasteiger partial charge in [-0.15, -0.1) is 0 Å². The third-order valence-electron chi connectivity index (χ3n) is 2.39. The number of hydrogen-bond donors (Lipinski definition) is 2. The van der Waals surface area contributed by atoms with E-state index < -0.39 is 0 Å². The standard InChI is InChI=1S/C12H20N4O/c1-4-6-13-12(17)9(3)16-11-7-10(5-2)14-8-15-11/h7-9H,4-6H2,1-3H3,(H,13,17)(H,14,15,16). The van der Waals surface area contributed by atoms with Gasteiger partial charge in [0.2, 0.25) is 5.91 Å². The van der Waals surface area contributed by atoms with E-state index in [1.165, 1.54) is 6.33 Å². The third kappa shape index (κ3) is 4.38. The van der Waals surface area contributed by atoms with Crippen LogP contribution in [0.15, 0.2) is 12.4 Å². The summed E-state index contributed by atoms with van der Waals surface area (Å²) in [5.41, 5.74) is 0.962. The summed E-state index contributed by atoms with van der Waals surface area (Å²) in [5.74, 6) is 0.680. The molecule has 5 nitrogen and oxygen atoms in total. The van der Waals surface area contributed by atoms with E-state index in [2.05, 4.69) is 20.6 Å². The first-order valence-electron chi connectivity index (χ1n) is 6.02. The highest BCUT2D eigenvalue weighted by molar-refractivity contribution is 5.83. The third-order valence-corrected chi connectivity index (χ3v) is 2.39.